The van der Waals surface area contributed by atoms with E-state index in [-0.39, 0.29) is 0 Å². The van der Waals surface area contributed by atoms with Crippen LogP contribution in [0.5, 0.6) is 0 Å². The number of hydrogen-bond acceptors (Lipinski definition) is 1. The van der Waals surface area contributed by atoms with Gasteiger partial charge in [-0.2, -0.15) is 0 Å². The standard InChI is InChI=1S/C25H31N/c1-19(22-16-15-21-9-5-6-10-23(21)17-22)13-14-20(2)25-12-8-7-11-24(25)18-26(3)4/h7-8,11-12,15-17H,1-2,5-6,9-10,13-14,18H2,3-4H3. The summed E-state index contributed by atoms with van der Waals surface area (Å²) >= 11 is 0. The van der Waals surface area contributed by atoms with E-state index in [2.05, 4.69) is 74.6 Å². The molecule has 0 N–H and O–H groups in total. The predicted molar refractivity (Wildman–Crippen MR) is 114 cm³/mol. The molecule has 3 rings (SSSR count). The molecule has 0 radical (unpaired) electrons. The van der Waals surface area contributed by atoms with Crippen molar-refractivity contribution in [2.45, 2.75) is 45.1 Å². The smallest absolute Gasteiger partial charge is 0.0233 e. The molecule has 1 aliphatic rings. The monoisotopic (exact) mass is 345 g/mol. The summed E-state index contributed by atoms with van der Waals surface area (Å²) in [6.45, 7) is 9.68. The van der Waals surface area contributed by atoms with E-state index >= 15 is 0 Å². The molecule has 0 saturated carbocycles. The van der Waals surface area contributed by atoms with Crippen molar-refractivity contribution in [1.82, 2.24) is 4.90 Å². The molecule has 0 atom stereocenters. The molecular weight excluding hydrogens is 314 g/mol. The van der Waals surface area contributed by atoms with Gasteiger partial charge in [0.2, 0.25) is 0 Å². The summed E-state index contributed by atoms with van der Waals surface area (Å²) in [7, 11) is 4.22. The predicted octanol–water partition coefficient (Wildman–Crippen LogP) is 6.13. The topological polar surface area (TPSA) is 3.24 Å². The molecule has 0 aromatic heterocycles. The molecule has 2 aromatic carbocycles. The second-order valence-corrected chi connectivity index (χ2v) is 7.79. The number of allylic oxidation sites excluding steroid dienone is 2. The van der Waals surface area contributed by atoms with Crippen molar-refractivity contribution in [2.24, 2.45) is 0 Å². The van der Waals surface area contributed by atoms with Crippen molar-refractivity contribution >= 4 is 11.1 Å². The summed E-state index contributed by atoms with van der Waals surface area (Å²) in [5.74, 6) is 0. The van der Waals surface area contributed by atoms with Crippen LogP contribution in [-0.2, 0) is 19.4 Å². The summed E-state index contributed by atoms with van der Waals surface area (Å²) in [6, 6.07) is 15.6. The molecule has 0 bridgehead atoms. The Balaban J connectivity index is 1.65. The molecule has 0 amide bonds. The average Bonchev–Trinajstić information content (AvgIpc) is 2.65. The van der Waals surface area contributed by atoms with Crippen LogP contribution >= 0.6 is 0 Å². The molecule has 1 nitrogen and oxygen atoms in total. The number of hydrogen-bond donors (Lipinski definition) is 0. The fraction of sp³-hybridized carbons (Fsp3) is 0.360. The maximum absolute atomic E-state index is 4.37. The zero-order valence-electron chi connectivity index (χ0n) is 16.4. The normalized spacial score (nSPS) is 13.5. The highest BCUT2D eigenvalue weighted by Crippen LogP contribution is 2.29. The van der Waals surface area contributed by atoms with E-state index in [9.17, 15) is 0 Å². The SMILES string of the molecule is C=C(CCC(=C)c1ccccc1CN(C)C)c1ccc2c(c1)CCCC2. The molecule has 136 valence electrons. The van der Waals surface area contributed by atoms with Crippen molar-refractivity contribution < 1.29 is 0 Å². The molecular formula is C25H31N. The Morgan fingerprint density at radius 1 is 0.885 bits per heavy atom. The molecule has 1 aliphatic carbocycles. The molecule has 0 unspecified atom stereocenters. The van der Waals surface area contributed by atoms with Crippen LogP contribution in [0.15, 0.2) is 55.6 Å². The lowest BCUT2D eigenvalue weighted by molar-refractivity contribution is 0.402. The summed E-state index contributed by atoms with van der Waals surface area (Å²) in [5.41, 5.74) is 9.45. The summed E-state index contributed by atoms with van der Waals surface area (Å²) in [4.78, 5) is 2.21. The highest BCUT2D eigenvalue weighted by Gasteiger charge is 2.12. The molecule has 0 heterocycles. The first-order chi connectivity index (χ1) is 12.5. The van der Waals surface area contributed by atoms with Gasteiger partial charge in [-0.1, -0.05) is 55.6 Å². The van der Waals surface area contributed by atoms with Gasteiger partial charge in [0.1, 0.15) is 0 Å². The van der Waals surface area contributed by atoms with E-state index in [0.29, 0.717) is 0 Å². The van der Waals surface area contributed by atoms with Crippen LogP contribution in [0.2, 0.25) is 0 Å². The Morgan fingerprint density at radius 2 is 1.58 bits per heavy atom. The third-order valence-corrected chi connectivity index (χ3v) is 5.37. The molecule has 2 aromatic rings. The van der Waals surface area contributed by atoms with Crippen LogP contribution in [-0.4, -0.2) is 19.0 Å². The van der Waals surface area contributed by atoms with Crippen LogP contribution in [0, 0.1) is 0 Å². The Labute approximate surface area is 159 Å². The van der Waals surface area contributed by atoms with Gasteiger partial charge >= 0.3 is 0 Å². The molecule has 0 fully saturated rings. The van der Waals surface area contributed by atoms with Gasteiger partial charge in [0.05, 0.1) is 0 Å². The molecule has 0 spiro atoms. The van der Waals surface area contributed by atoms with Gasteiger partial charge in [0.15, 0.2) is 0 Å². The van der Waals surface area contributed by atoms with E-state index in [1.807, 2.05) is 0 Å². The quantitative estimate of drug-likeness (QED) is 0.583. The first kappa shape index (κ1) is 18.7. The van der Waals surface area contributed by atoms with E-state index in [0.717, 1.165) is 19.4 Å². The maximum Gasteiger partial charge on any atom is 0.0233 e. The van der Waals surface area contributed by atoms with Crippen molar-refractivity contribution in [3.8, 4) is 0 Å². The van der Waals surface area contributed by atoms with E-state index < -0.39 is 0 Å². The second kappa shape index (κ2) is 8.51. The first-order valence-electron chi connectivity index (χ1n) is 9.75. The number of nitrogens with zero attached hydrogens (tertiary/aromatic N) is 1. The second-order valence-electron chi connectivity index (χ2n) is 7.79. The van der Waals surface area contributed by atoms with Gasteiger partial charge in [0, 0.05) is 6.54 Å². The Hall–Kier alpha value is -2.12. The van der Waals surface area contributed by atoms with Gasteiger partial charge < -0.3 is 4.90 Å². The van der Waals surface area contributed by atoms with Crippen molar-refractivity contribution in [3.63, 3.8) is 0 Å². The highest BCUT2D eigenvalue weighted by molar-refractivity contribution is 5.70. The lowest BCUT2D eigenvalue weighted by Crippen LogP contribution is -2.12. The maximum atomic E-state index is 4.37. The fourth-order valence-electron chi connectivity index (χ4n) is 3.88. The minimum absolute atomic E-state index is 0.945. The Kier molecular flexibility index (Phi) is 6.11. The molecule has 26 heavy (non-hydrogen) atoms. The highest BCUT2D eigenvalue weighted by atomic mass is 15.0. The van der Waals surface area contributed by atoms with E-state index in [4.69, 9.17) is 0 Å². The fourth-order valence-corrected chi connectivity index (χ4v) is 3.88. The van der Waals surface area contributed by atoms with E-state index in [1.54, 1.807) is 0 Å². The lowest BCUT2D eigenvalue weighted by atomic mass is 9.88. The first-order valence-corrected chi connectivity index (χ1v) is 9.75. The molecule has 1 heteroatoms. The van der Waals surface area contributed by atoms with Crippen molar-refractivity contribution in [3.05, 3.63) is 83.4 Å². The molecule has 0 aliphatic heterocycles. The average molecular weight is 346 g/mol. The zero-order chi connectivity index (χ0) is 18.5. The van der Waals surface area contributed by atoms with Crippen LogP contribution in [0.1, 0.15) is 53.5 Å². The van der Waals surface area contributed by atoms with Gasteiger partial charge in [-0.15, -0.1) is 0 Å². The van der Waals surface area contributed by atoms with Gasteiger partial charge in [-0.25, -0.2) is 0 Å². The summed E-state index contributed by atoms with van der Waals surface area (Å²) in [6.07, 6.45) is 7.04. The summed E-state index contributed by atoms with van der Waals surface area (Å²) in [5, 5.41) is 0. The van der Waals surface area contributed by atoms with Crippen LogP contribution in [0.3, 0.4) is 0 Å². The van der Waals surface area contributed by atoms with Crippen molar-refractivity contribution in [2.75, 3.05) is 14.1 Å². The zero-order valence-corrected chi connectivity index (χ0v) is 16.4. The number of benzene rings is 2. The lowest BCUT2D eigenvalue weighted by Gasteiger charge is -2.18. The minimum Gasteiger partial charge on any atom is -0.305 e. The van der Waals surface area contributed by atoms with Crippen LogP contribution in [0.25, 0.3) is 11.1 Å². The van der Waals surface area contributed by atoms with Gasteiger partial charge in [0.25, 0.3) is 0 Å². The van der Waals surface area contributed by atoms with Gasteiger partial charge in [-0.05, 0) is 91.6 Å². The van der Waals surface area contributed by atoms with Crippen molar-refractivity contribution in [1.29, 1.82) is 0 Å². The Bertz CT molecular complexity index is 798. The summed E-state index contributed by atoms with van der Waals surface area (Å²) < 4.78 is 0. The van der Waals surface area contributed by atoms with E-state index in [1.165, 1.54) is 64.6 Å². The molecule has 0 saturated heterocycles. The largest absolute Gasteiger partial charge is 0.305 e. The third-order valence-electron chi connectivity index (χ3n) is 5.37. The van der Waals surface area contributed by atoms with Crippen LogP contribution < -0.4 is 0 Å². The number of fused-ring (bicyclic) bond motifs is 1. The number of aryl methyl sites for hydroxylation is 2. The number of rotatable bonds is 7. The minimum atomic E-state index is 0.945. The third kappa shape index (κ3) is 4.53. The van der Waals surface area contributed by atoms with Gasteiger partial charge in [-0.3, -0.25) is 0 Å². The Morgan fingerprint density at radius 3 is 2.35 bits per heavy atom. The van der Waals surface area contributed by atoms with Crippen LogP contribution in [0.4, 0.5) is 0 Å².